The lowest BCUT2D eigenvalue weighted by Gasteiger charge is -2.30. The van der Waals surface area contributed by atoms with Crippen LogP contribution in [-0.4, -0.2) is 45.1 Å². The van der Waals surface area contributed by atoms with E-state index in [1.165, 1.54) is 16.0 Å². The molecule has 2 N–H and O–H groups in total. The summed E-state index contributed by atoms with van der Waals surface area (Å²) in [7, 11) is 1.97. The van der Waals surface area contributed by atoms with Gasteiger partial charge in [-0.05, 0) is 51.2 Å². The molecule has 1 atom stereocenters. The van der Waals surface area contributed by atoms with Crippen molar-refractivity contribution in [3.8, 4) is 0 Å². The molecule has 1 aromatic carbocycles. The number of benzene rings is 1. The SMILES string of the molecule is Cn1ccnc1C[NH2+]CCCN(C(=O)OC(C)(C)C)C(=O)[C@@H]1CCc2ccccc2C1. The number of carbonyl (C=O) groups is 2. The monoisotopic (exact) mass is 427 g/mol. The van der Waals surface area contributed by atoms with Crippen LogP contribution in [0.2, 0.25) is 0 Å². The number of rotatable bonds is 7. The van der Waals surface area contributed by atoms with Gasteiger partial charge in [0, 0.05) is 38.3 Å². The van der Waals surface area contributed by atoms with E-state index < -0.39 is 11.7 Å². The molecule has 1 heterocycles. The summed E-state index contributed by atoms with van der Waals surface area (Å²) in [5.74, 6) is 0.702. The van der Waals surface area contributed by atoms with Crippen molar-refractivity contribution in [3.63, 3.8) is 0 Å². The molecule has 168 valence electrons. The first-order valence-corrected chi connectivity index (χ1v) is 11.1. The number of ether oxygens (including phenoxy) is 1. The maximum Gasteiger partial charge on any atom is 0.417 e. The van der Waals surface area contributed by atoms with Crippen LogP contribution in [-0.2, 0) is 36.0 Å². The molecule has 1 aliphatic rings. The van der Waals surface area contributed by atoms with Gasteiger partial charge in [0.1, 0.15) is 12.1 Å². The fourth-order valence-corrected chi connectivity index (χ4v) is 3.96. The highest BCUT2D eigenvalue weighted by molar-refractivity contribution is 5.93. The zero-order valence-electron chi connectivity index (χ0n) is 19.1. The fourth-order valence-electron chi connectivity index (χ4n) is 3.96. The molecule has 0 bridgehead atoms. The standard InChI is InChI=1S/C24H34N4O3/c1-24(2,3)31-23(30)28(14-7-12-25-17-21-26-13-15-27(21)4)22(29)20-11-10-18-8-5-6-9-19(18)16-20/h5-6,8-9,13,15,20,25H,7,10-12,14,16-17H2,1-4H3/p+1/t20-/m1/s1. The number of imide groups is 1. The molecule has 0 unspecified atom stereocenters. The predicted octanol–water partition coefficient (Wildman–Crippen LogP) is 2.44. The number of nitrogens with two attached hydrogens (primary N) is 1. The number of fused-ring (bicyclic) bond motifs is 1. The minimum atomic E-state index is -0.640. The first kappa shape index (κ1) is 23.0. The lowest BCUT2D eigenvalue weighted by atomic mass is 9.83. The molecule has 0 fully saturated rings. The van der Waals surface area contributed by atoms with E-state index in [0.717, 1.165) is 31.8 Å². The van der Waals surface area contributed by atoms with Crippen molar-refractivity contribution in [2.45, 2.75) is 58.6 Å². The Kier molecular flexibility index (Phi) is 7.49. The molecule has 0 saturated heterocycles. The van der Waals surface area contributed by atoms with E-state index in [2.05, 4.69) is 22.4 Å². The first-order chi connectivity index (χ1) is 14.7. The molecule has 1 aromatic heterocycles. The maximum absolute atomic E-state index is 13.3. The minimum absolute atomic E-state index is 0.118. The van der Waals surface area contributed by atoms with Gasteiger partial charge in [-0.2, -0.15) is 0 Å². The Morgan fingerprint density at radius 2 is 2.00 bits per heavy atom. The van der Waals surface area contributed by atoms with Gasteiger partial charge in [0.25, 0.3) is 0 Å². The second kappa shape index (κ2) is 10.1. The summed E-state index contributed by atoms with van der Waals surface area (Å²) >= 11 is 0. The zero-order valence-corrected chi connectivity index (χ0v) is 19.1. The number of amides is 2. The van der Waals surface area contributed by atoms with Crippen LogP contribution >= 0.6 is 0 Å². The summed E-state index contributed by atoms with van der Waals surface area (Å²) in [4.78, 5) is 31.8. The Morgan fingerprint density at radius 1 is 1.26 bits per heavy atom. The summed E-state index contributed by atoms with van der Waals surface area (Å²) < 4.78 is 7.55. The molecule has 0 radical (unpaired) electrons. The van der Waals surface area contributed by atoms with E-state index in [9.17, 15) is 9.59 Å². The van der Waals surface area contributed by atoms with Crippen molar-refractivity contribution >= 4 is 12.0 Å². The van der Waals surface area contributed by atoms with Crippen LogP contribution in [0.1, 0.15) is 50.6 Å². The number of hydrogen-bond acceptors (Lipinski definition) is 4. The molecule has 2 amide bonds. The Bertz CT molecular complexity index is 900. The second-order valence-corrected chi connectivity index (χ2v) is 9.27. The Labute approximate surface area is 184 Å². The van der Waals surface area contributed by atoms with Gasteiger partial charge in [-0.3, -0.25) is 4.79 Å². The molecular weight excluding hydrogens is 392 g/mol. The number of carbonyl (C=O) groups excluding carboxylic acids is 2. The van der Waals surface area contributed by atoms with Crippen LogP contribution in [0.15, 0.2) is 36.7 Å². The van der Waals surface area contributed by atoms with E-state index in [1.54, 1.807) is 6.20 Å². The number of imidazole rings is 1. The van der Waals surface area contributed by atoms with Crippen molar-refractivity contribution in [1.82, 2.24) is 14.5 Å². The van der Waals surface area contributed by atoms with E-state index in [1.807, 2.05) is 50.7 Å². The summed E-state index contributed by atoms with van der Waals surface area (Å²) in [5.41, 5.74) is 1.87. The summed E-state index contributed by atoms with van der Waals surface area (Å²) in [6.07, 6.45) is 6.19. The van der Waals surface area contributed by atoms with Gasteiger partial charge in [0.15, 0.2) is 5.82 Å². The van der Waals surface area contributed by atoms with Gasteiger partial charge in [0.05, 0.1) is 6.54 Å². The molecule has 2 aromatic rings. The van der Waals surface area contributed by atoms with Gasteiger partial charge < -0.3 is 14.6 Å². The largest absolute Gasteiger partial charge is 0.443 e. The number of quaternary nitrogens is 1. The summed E-state index contributed by atoms with van der Waals surface area (Å²) in [6.45, 7) is 7.40. The van der Waals surface area contributed by atoms with Gasteiger partial charge in [0.2, 0.25) is 5.91 Å². The van der Waals surface area contributed by atoms with Crippen LogP contribution in [0.3, 0.4) is 0 Å². The van der Waals surface area contributed by atoms with Crippen LogP contribution in [0.4, 0.5) is 4.79 Å². The fraction of sp³-hybridized carbons (Fsp3) is 0.542. The third kappa shape index (κ3) is 6.40. The van der Waals surface area contributed by atoms with Crippen molar-refractivity contribution in [2.24, 2.45) is 13.0 Å². The molecule has 31 heavy (non-hydrogen) atoms. The number of aryl methyl sites for hydroxylation is 2. The van der Waals surface area contributed by atoms with E-state index in [4.69, 9.17) is 4.74 Å². The highest BCUT2D eigenvalue weighted by Crippen LogP contribution is 2.27. The van der Waals surface area contributed by atoms with Gasteiger partial charge in [-0.15, -0.1) is 0 Å². The first-order valence-electron chi connectivity index (χ1n) is 11.1. The molecule has 7 nitrogen and oxygen atoms in total. The topological polar surface area (TPSA) is 81.0 Å². The predicted molar refractivity (Wildman–Crippen MR) is 118 cm³/mol. The van der Waals surface area contributed by atoms with Crippen molar-refractivity contribution < 1.29 is 19.6 Å². The summed E-state index contributed by atoms with van der Waals surface area (Å²) in [5, 5.41) is 2.15. The molecule has 1 aliphatic carbocycles. The number of hydrogen-bond donors (Lipinski definition) is 1. The van der Waals surface area contributed by atoms with E-state index in [0.29, 0.717) is 19.4 Å². The Hall–Kier alpha value is -2.67. The lowest BCUT2D eigenvalue weighted by Crippen LogP contribution is -2.83. The quantitative estimate of drug-likeness (QED) is 0.688. The molecule has 7 heteroatoms. The van der Waals surface area contributed by atoms with E-state index >= 15 is 0 Å². The van der Waals surface area contributed by atoms with Crippen LogP contribution in [0, 0.1) is 5.92 Å². The lowest BCUT2D eigenvalue weighted by molar-refractivity contribution is -0.672. The molecule has 0 spiro atoms. The Morgan fingerprint density at radius 3 is 2.68 bits per heavy atom. The average Bonchev–Trinajstić information content (AvgIpc) is 3.13. The van der Waals surface area contributed by atoms with Crippen molar-refractivity contribution in [2.75, 3.05) is 13.1 Å². The normalized spacial score (nSPS) is 15.9. The summed E-state index contributed by atoms with van der Waals surface area (Å²) in [6, 6.07) is 8.25. The van der Waals surface area contributed by atoms with Crippen LogP contribution in [0.25, 0.3) is 0 Å². The highest BCUT2D eigenvalue weighted by atomic mass is 16.6. The average molecular weight is 428 g/mol. The molecule has 0 aliphatic heterocycles. The highest BCUT2D eigenvalue weighted by Gasteiger charge is 2.33. The molecular formula is C24H35N4O3+. The Balaban J connectivity index is 1.60. The van der Waals surface area contributed by atoms with Crippen molar-refractivity contribution in [1.29, 1.82) is 0 Å². The van der Waals surface area contributed by atoms with Gasteiger partial charge in [-0.25, -0.2) is 14.7 Å². The van der Waals surface area contributed by atoms with Gasteiger partial charge >= 0.3 is 6.09 Å². The maximum atomic E-state index is 13.3. The molecule has 0 saturated carbocycles. The number of nitrogens with zero attached hydrogens (tertiary/aromatic N) is 3. The third-order valence-corrected chi connectivity index (χ3v) is 5.61. The second-order valence-electron chi connectivity index (χ2n) is 9.27. The minimum Gasteiger partial charge on any atom is -0.443 e. The van der Waals surface area contributed by atoms with Gasteiger partial charge in [-0.1, -0.05) is 24.3 Å². The zero-order chi connectivity index (χ0) is 22.4. The van der Waals surface area contributed by atoms with Crippen LogP contribution < -0.4 is 5.32 Å². The smallest absolute Gasteiger partial charge is 0.417 e. The van der Waals surface area contributed by atoms with Crippen molar-refractivity contribution in [3.05, 3.63) is 53.6 Å². The van der Waals surface area contributed by atoms with E-state index in [-0.39, 0.29) is 11.8 Å². The van der Waals surface area contributed by atoms with Crippen LogP contribution in [0.5, 0.6) is 0 Å². The molecule has 3 rings (SSSR count). The number of aromatic nitrogens is 2. The third-order valence-electron chi connectivity index (χ3n) is 5.61.